The van der Waals surface area contributed by atoms with Crippen molar-refractivity contribution in [3.8, 4) is 0 Å². The highest BCUT2D eigenvalue weighted by Crippen LogP contribution is 2.33. The van der Waals surface area contributed by atoms with Crippen molar-refractivity contribution < 1.29 is 14.2 Å². The summed E-state index contributed by atoms with van der Waals surface area (Å²) in [7, 11) is 5.07. The third-order valence-electron chi connectivity index (χ3n) is 4.35. The lowest BCUT2D eigenvalue weighted by molar-refractivity contribution is 0.197. The van der Waals surface area contributed by atoms with Crippen LogP contribution in [0.2, 0.25) is 0 Å². The number of ether oxygens (including phenoxy) is 3. The van der Waals surface area contributed by atoms with Gasteiger partial charge in [-0.15, -0.1) is 5.11 Å². The van der Waals surface area contributed by atoms with E-state index in [2.05, 4.69) is 36.1 Å². The number of anilines is 3. The summed E-state index contributed by atoms with van der Waals surface area (Å²) in [6, 6.07) is 9.58. The predicted octanol–water partition coefficient (Wildman–Crippen LogP) is 4.24. The van der Waals surface area contributed by atoms with E-state index in [0.29, 0.717) is 62.7 Å². The van der Waals surface area contributed by atoms with Gasteiger partial charge >= 0.3 is 0 Å². The zero-order valence-electron chi connectivity index (χ0n) is 19.3. The minimum atomic E-state index is 0.517. The number of benzene rings is 1. The first kappa shape index (κ1) is 25.4. The number of nitrogens with zero attached hydrogens (tertiary/aromatic N) is 4. The average molecular weight is 446 g/mol. The molecule has 1 aromatic carbocycles. The number of aromatic nitrogens is 2. The van der Waals surface area contributed by atoms with Crippen molar-refractivity contribution in [2.24, 2.45) is 10.2 Å². The highest BCUT2D eigenvalue weighted by molar-refractivity contribution is 5.75. The Morgan fingerprint density at radius 1 is 0.688 bits per heavy atom. The maximum absolute atomic E-state index is 5.15. The molecule has 10 heteroatoms. The molecule has 2 rings (SSSR count). The fraction of sp³-hybridized carbons (Fsp3) is 0.545. The summed E-state index contributed by atoms with van der Waals surface area (Å²) in [6.45, 7) is 4.05. The van der Waals surface area contributed by atoms with Crippen LogP contribution in [0.15, 0.2) is 40.6 Å². The van der Waals surface area contributed by atoms with Crippen LogP contribution in [0, 0.1) is 0 Å². The molecule has 0 aliphatic rings. The molecule has 2 aromatic rings. The van der Waals surface area contributed by atoms with E-state index in [1.165, 1.54) is 0 Å². The van der Waals surface area contributed by atoms with Crippen LogP contribution in [0.5, 0.6) is 0 Å². The Bertz CT molecular complexity index is 757. The van der Waals surface area contributed by atoms with E-state index in [9.17, 15) is 0 Å². The third kappa shape index (κ3) is 9.54. The van der Waals surface area contributed by atoms with Crippen LogP contribution >= 0.6 is 0 Å². The van der Waals surface area contributed by atoms with Crippen molar-refractivity contribution in [2.45, 2.75) is 19.3 Å². The number of hydrogen-bond donors (Lipinski definition) is 3. The second-order valence-electron chi connectivity index (χ2n) is 6.95. The highest BCUT2D eigenvalue weighted by Gasteiger charge is 2.15. The first-order valence-corrected chi connectivity index (χ1v) is 10.9. The van der Waals surface area contributed by atoms with Crippen LogP contribution in [0.25, 0.3) is 0 Å². The van der Waals surface area contributed by atoms with E-state index >= 15 is 0 Å². The fourth-order valence-electron chi connectivity index (χ4n) is 2.74. The van der Waals surface area contributed by atoms with Crippen molar-refractivity contribution in [1.82, 2.24) is 9.97 Å². The second-order valence-corrected chi connectivity index (χ2v) is 6.95. The van der Waals surface area contributed by atoms with Gasteiger partial charge in [0.25, 0.3) is 0 Å². The van der Waals surface area contributed by atoms with Gasteiger partial charge in [-0.1, -0.05) is 18.2 Å². The summed E-state index contributed by atoms with van der Waals surface area (Å²) in [6.07, 6.45) is 2.52. The van der Waals surface area contributed by atoms with E-state index in [-0.39, 0.29) is 0 Å². The molecule has 0 radical (unpaired) electrons. The summed E-state index contributed by atoms with van der Waals surface area (Å²) in [5.74, 6) is 1.74. The number of methoxy groups -OCH3 is 3. The van der Waals surface area contributed by atoms with E-state index in [0.717, 1.165) is 24.9 Å². The molecule has 1 aromatic heterocycles. The van der Waals surface area contributed by atoms with Crippen LogP contribution < -0.4 is 16.0 Å². The summed E-state index contributed by atoms with van der Waals surface area (Å²) in [4.78, 5) is 9.30. The molecule has 0 amide bonds. The lowest BCUT2D eigenvalue weighted by Crippen LogP contribution is -2.14. The molecule has 0 saturated heterocycles. The second kappa shape index (κ2) is 15.9. The molecule has 0 aliphatic heterocycles. The van der Waals surface area contributed by atoms with Gasteiger partial charge in [-0.3, -0.25) is 0 Å². The van der Waals surface area contributed by atoms with Crippen molar-refractivity contribution in [3.63, 3.8) is 0 Å². The van der Waals surface area contributed by atoms with Gasteiger partial charge in [0, 0.05) is 60.8 Å². The zero-order valence-corrected chi connectivity index (χ0v) is 19.3. The normalized spacial score (nSPS) is 11.1. The summed E-state index contributed by atoms with van der Waals surface area (Å²) < 4.78 is 15.4. The fourth-order valence-corrected chi connectivity index (χ4v) is 2.74. The predicted molar refractivity (Wildman–Crippen MR) is 128 cm³/mol. The molecule has 0 saturated carbocycles. The monoisotopic (exact) mass is 445 g/mol. The van der Waals surface area contributed by atoms with Gasteiger partial charge in [0.15, 0.2) is 17.3 Å². The van der Waals surface area contributed by atoms with Crippen LogP contribution in [0.1, 0.15) is 19.3 Å². The maximum Gasteiger partial charge on any atom is 0.226 e. The van der Waals surface area contributed by atoms with Crippen molar-refractivity contribution in [3.05, 3.63) is 30.3 Å². The Hall–Kier alpha value is -2.82. The molecular formula is C22H35N7O3. The summed E-state index contributed by atoms with van der Waals surface area (Å²) in [5.41, 5.74) is 1.32. The number of nitrogens with one attached hydrogen (secondary N) is 3. The van der Waals surface area contributed by atoms with Gasteiger partial charge in [0.2, 0.25) is 5.95 Å². The van der Waals surface area contributed by atoms with Crippen molar-refractivity contribution in [1.29, 1.82) is 0 Å². The van der Waals surface area contributed by atoms with Crippen LogP contribution in [-0.4, -0.2) is 70.8 Å². The Labute approximate surface area is 190 Å². The molecule has 0 bridgehead atoms. The van der Waals surface area contributed by atoms with E-state index in [4.69, 9.17) is 14.2 Å². The Morgan fingerprint density at radius 3 is 1.69 bits per heavy atom. The van der Waals surface area contributed by atoms with Crippen molar-refractivity contribution in [2.75, 3.05) is 76.7 Å². The molecule has 0 unspecified atom stereocenters. The summed E-state index contributed by atoms with van der Waals surface area (Å²) >= 11 is 0. The highest BCUT2D eigenvalue weighted by atomic mass is 16.5. The van der Waals surface area contributed by atoms with Gasteiger partial charge in [0.05, 0.1) is 5.69 Å². The molecular weight excluding hydrogens is 410 g/mol. The first-order chi connectivity index (χ1) is 15.8. The van der Waals surface area contributed by atoms with Crippen LogP contribution in [-0.2, 0) is 14.2 Å². The third-order valence-corrected chi connectivity index (χ3v) is 4.35. The van der Waals surface area contributed by atoms with Crippen LogP contribution in [0.3, 0.4) is 0 Å². The van der Waals surface area contributed by atoms with Crippen LogP contribution in [0.4, 0.5) is 29.0 Å². The lowest BCUT2D eigenvalue weighted by atomic mass is 10.3. The molecule has 0 fully saturated rings. The SMILES string of the molecule is COCCCNc1nc(NCCCOC)c(N=Nc2ccccc2)c(NCCCOC)n1. The number of hydrogen-bond acceptors (Lipinski definition) is 10. The molecule has 10 nitrogen and oxygen atoms in total. The minimum absolute atomic E-state index is 0.517. The topological polar surface area (TPSA) is 114 Å². The van der Waals surface area contributed by atoms with E-state index in [1.54, 1.807) is 21.3 Å². The van der Waals surface area contributed by atoms with Gasteiger partial charge in [-0.2, -0.15) is 15.1 Å². The first-order valence-electron chi connectivity index (χ1n) is 10.9. The van der Waals surface area contributed by atoms with Gasteiger partial charge in [-0.05, 0) is 31.4 Å². The average Bonchev–Trinajstić information content (AvgIpc) is 2.82. The quantitative estimate of drug-likeness (QED) is 0.245. The Morgan fingerprint density at radius 2 is 1.19 bits per heavy atom. The molecule has 0 aliphatic carbocycles. The largest absolute Gasteiger partial charge is 0.385 e. The number of rotatable bonds is 17. The van der Waals surface area contributed by atoms with E-state index in [1.807, 2.05) is 30.3 Å². The number of azo groups is 1. The van der Waals surface area contributed by atoms with Gasteiger partial charge < -0.3 is 30.2 Å². The Kier molecular flexibility index (Phi) is 12.6. The van der Waals surface area contributed by atoms with Gasteiger partial charge in [0.1, 0.15) is 0 Å². The summed E-state index contributed by atoms with van der Waals surface area (Å²) in [5, 5.41) is 18.8. The molecule has 3 N–H and O–H groups in total. The molecule has 176 valence electrons. The molecule has 32 heavy (non-hydrogen) atoms. The zero-order chi connectivity index (χ0) is 22.9. The standard InChI is InChI=1S/C22H35N7O3/c1-30-15-7-12-23-20-19(29-28-18-10-5-4-6-11-18)21(24-13-8-16-31-2)27-22(26-20)25-14-9-17-32-3/h4-6,10-11H,7-9,12-17H2,1-3H3,(H3,23,24,25,26,27). The Balaban J connectivity index is 2.29. The molecule has 0 atom stereocenters. The van der Waals surface area contributed by atoms with Gasteiger partial charge in [-0.25, -0.2) is 0 Å². The lowest BCUT2D eigenvalue weighted by Gasteiger charge is -2.15. The maximum atomic E-state index is 5.15. The molecule has 0 spiro atoms. The molecule has 1 heterocycles. The van der Waals surface area contributed by atoms with E-state index < -0.39 is 0 Å². The minimum Gasteiger partial charge on any atom is -0.385 e. The smallest absolute Gasteiger partial charge is 0.226 e. The van der Waals surface area contributed by atoms with Crippen molar-refractivity contribution >= 4 is 29.0 Å².